The first-order valence-corrected chi connectivity index (χ1v) is 7.22. The molecular formula is C18H22N2. The number of benzene rings is 2. The molecule has 3 rings (SSSR count). The van der Waals surface area contributed by atoms with Gasteiger partial charge in [-0.25, -0.2) is 0 Å². The first kappa shape index (κ1) is 13.0. The second-order valence-corrected chi connectivity index (χ2v) is 6.46. The molecule has 1 N–H and O–H groups in total. The summed E-state index contributed by atoms with van der Waals surface area (Å²) in [7, 11) is 0. The Morgan fingerprint density at radius 2 is 1.85 bits per heavy atom. The molecule has 2 aromatic carbocycles. The van der Waals surface area contributed by atoms with Gasteiger partial charge in [-0.1, -0.05) is 38.1 Å². The smallest absolute Gasteiger partial charge is 0.0646 e. The number of rotatable bonds is 1. The minimum absolute atomic E-state index is 0.225. The van der Waals surface area contributed by atoms with Gasteiger partial charge >= 0.3 is 0 Å². The van der Waals surface area contributed by atoms with Crippen molar-refractivity contribution in [2.45, 2.75) is 20.8 Å². The Kier molecular flexibility index (Phi) is 3.17. The fraction of sp³-hybridized carbons (Fsp3) is 0.333. The number of nitrogens with zero attached hydrogens (tertiary/aromatic N) is 1. The number of anilines is 3. The Hall–Kier alpha value is -1.96. The zero-order valence-electron chi connectivity index (χ0n) is 12.5. The maximum Gasteiger partial charge on any atom is 0.0646 e. The Morgan fingerprint density at radius 3 is 2.65 bits per heavy atom. The van der Waals surface area contributed by atoms with E-state index in [-0.39, 0.29) is 5.41 Å². The van der Waals surface area contributed by atoms with Crippen molar-refractivity contribution in [1.82, 2.24) is 0 Å². The number of nitrogens with one attached hydrogen (secondary N) is 1. The maximum absolute atomic E-state index is 3.59. The molecule has 0 saturated carbocycles. The van der Waals surface area contributed by atoms with Gasteiger partial charge in [-0.15, -0.1) is 0 Å². The van der Waals surface area contributed by atoms with Crippen molar-refractivity contribution in [2.75, 3.05) is 23.3 Å². The van der Waals surface area contributed by atoms with E-state index >= 15 is 0 Å². The van der Waals surface area contributed by atoms with Crippen molar-refractivity contribution in [2.24, 2.45) is 5.41 Å². The summed E-state index contributed by atoms with van der Waals surface area (Å²) in [5, 5.41) is 3.59. The molecule has 0 radical (unpaired) electrons. The molecule has 0 aliphatic carbocycles. The minimum Gasteiger partial charge on any atom is -0.383 e. The van der Waals surface area contributed by atoms with Crippen LogP contribution in [0.15, 0.2) is 48.5 Å². The second-order valence-electron chi connectivity index (χ2n) is 6.46. The van der Waals surface area contributed by atoms with E-state index < -0.39 is 0 Å². The normalized spacial score (nSPS) is 17.1. The lowest BCUT2D eigenvalue weighted by atomic mass is 9.93. The lowest BCUT2D eigenvalue weighted by molar-refractivity contribution is 0.407. The molecule has 0 spiro atoms. The number of para-hydroxylation sites is 2. The van der Waals surface area contributed by atoms with Gasteiger partial charge in [-0.05, 0) is 42.2 Å². The van der Waals surface area contributed by atoms with E-state index in [2.05, 4.69) is 79.5 Å². The molecule has 0 amide bonds. The number of fused-ring (bicyclic) bond motifs is 1. The van der Waals surface area contributed by atoms with Gasteiger partial charge in [0.25, 0.3) is 0 Å². The van der Waals surface area contributed by atoms with Crippen LogP contribution in [0.25, 0.3) is 0 Å². The fourth-order valence-corrected chi connectivity index (χ4v) is 2.79. The van der Waals surface area contributed by atoms with E-state index in [0.717, 1.165) is 13.1 Å². The van der Waals surface area contributed by atoms with Crippen LogP contribution in [0.4, 0.5) is 17.1 Å². The molecule has 1 aliphatic rings. The predicted octanol–water partition coefficient (Wildman–Crippen LogP) is 4.58. The van der Waals surface area contributed by atoms with Gasteiger partial charge in [0.05, 0.1) is 11.4 Å². The molecular weight excluding hydrogens is 244 g/mol. The SMILES string of the molecule is Cc1cccc(N2CC(C)(C)CNc3ccccc32)c1. The van der Waals surface area contributed by atoms with E-state index in [1.165, 1.54) is 22.6 Å². The molecule has 0 aromatic heterocycles. The van der Waals surface area contributed by atoms with E-state index in [1.807, 2.05) is 0 Å². The third-order valence-corrected chi connectivity index (χ3v) is 3.85. The highest BCUT2D eigenvalue weighted by Gasteiger charge is 2.27. The molecule has 20 heavy (non-hydrogen) atoms. The Morgan fingerprint density at radius 1 is 1.05 bits per heavy atom. The summed E-state index contributed by atoms with van der Waals surface area (Å²) in [6, 6.07) is 17.3. The highest BCUT2D eigenvalue weighted by atomic mass is 15.2. The van der Waals surface area contributed by atoms with Crippen LogP contribution in [0.3, 0.4) is 0 Å². The van der Waals surface area contributed by atoms with Crippen LogP contribution in [0.5, 0.6) is 0 Å². The van der Waals surface area contributed by atoms with Crippen LogP contribution < -0.4 is 10.2 Å². The first-order chi connectivity index (χ1) is 9.55. The second kappa shape index (κ2) is 4.86. The van der Waals surface area contributed by atoms with Gasteiger partial charge in [0, 0.05) is 18.8 Å². The quantitative estimate of drug-likeness (QED) is 0.812. The van der Waals surface area contributed by atoms with Crippen molar-refractivity contribution in [3.05, 3.63) is 54.1 Å². The molecule has 0 fully saturated rings. The Labute approximate surface area is 121 Å². The highest BCUT2D eigenvalue weighted by molar-refractivity contribution is 5.77. The molecule has 104 valence electrons. The van der Waals surface area contributed by atoms with Crippen LogP contribution in [0.1, 0.15) is 19.4 Å². The monoisotopic (exact) mass is 266 g/mol. The third kappa shape index (κ3) is 2.51. The fourth-order valence-electron chi connectivity index (χ4n) is 2.79. The van der Waals surface area contributed by atoms with Crippen LogP contribution in [0.2, 0.25) is 0 Å². The third-order valence-electron chi connectivity index (χ3n) is 3.85. The molecule has 0 unspecified atom stereocenters. The van der Waals surface area contributed by atoms with Gasteiger partial charge < -0.3 is 10.2 Å². The standard InChI is InChI=1S/C18H22N2/c1-14-7-6-8-15(11-14)20-13-18(2,3)12-19-16-9-4-5-10-17(16)20/h4-11,19H,12-13H2,1-3H3. The summed E-state index contributed by atoms with van der Waals surface area (Å²) in [6.45, 7) is 8.78. The lowest BCUT2D eigenvalue weighted by Crippen LogP contribution is -2.33. The number of hydrogen-bond acceptors (Lipinski definition) is 2. The minimum atomic E-state index is 0.225. The predicted molar refractivity (Wildman–Crippen MR) is 86.9 cm³/mol. The van der Waals surface area contributed by atoms with Crippen molar-refractivity contribution < 1.29 is 0 Å². The lowest BCUT2D eigenvalue weighted by Gasteiger charge is -2.31. The molecule has 0 saturated heterocycles. The van der Waals surface area contributed by atoms with Crippen molar-refractivity contribution in [3.63, 3.8) is 0 Å². The van der Waals surface area contributed by atoms with E-state index in [1.54, 1.807) is 0 Å². The molecule has 1 heterocycles. The average molecular weight is 266 g/mol. The maximum atomic E-state index is 3.59. The van der Waals surface area contributed by atoms with Crippen LogP contribution in [0, 0.1) is 12.3 Å². The molecule has 2 heteroatoms. The van der Waals surface area contributed by atoms with Gasteiger partial charge in [-0.3, -0.25) is 0 Å². The van der Waals surface area contributed by atoms with E-state index in [4.69, 9.17) is 0 Å². The van der Waals surface area contributed by atoms with Gasteiger partial charge in [0.2, 0.25) is 0 Å². The summed E-state index contributed by atoms with van der Waals surface area (Å²) in [5.74, 6) is 0. The molecule has 2 aromatic rings. The molecule has 1 aliphatic heterocycles. The van der Waals surface area contributed by atoms with Crippen molar-refractivity contribution in [3.8, 4) is 0 Å². The van der Waals surface area contributed by atoms with E-state index in [9.17, 15) is 0 Å². The summed E-state index contributed by atoms with van der Waals surface area (Å²) in [6.07, 6.45) is 0. The Balaban J connectivity index is 2.10. The number of aryl methyl sites for hydroxylation is 1. The largest absolute Gasteiger partial charge is 0.383 e. The first-order valence-electron chi connectivity index (χ1n) is 7.22. The number of hydrogen-bond donors (Lipinski definition) is 1. The molecule has 0 atom stereocenters. The molecule has 2 nitrogen and oxygen atoms in total. The van der Waals surface area contributed by atoms with Crippen molar-refractivity contribution in [1.29, 1.82) is 0 Å². The van der Waals surface area contributed by atoms with Gasteiger partial charge in [-0.2, -0.15) is 0 Å². The molecule has 0 bridgehead atoms. The van der Waals surface area contributed by atoms with Crippen molar-refractivity contribution >= 4 is 17.1 Å². The zero-order chi connectivity index (χ0) is 14.2. The highest BCUT2D eigenvalue weighted by Crippen LogP contribution is 2.38. The summed E-state index contributed by atoms with van der Waals surface area (Å²) >= 11 is 0. The average Bonchev–Trinajstić information content (AvgIpc) is 2.56. The topological polar surface area (TPSA) is 15.3 Å². The van der Waals surface area contributed by atoms with Crippen LogP contribution in [-0.4, -0.2) is 13.1 Å². The van der Waals surface area contributed by atoms with Gasteiger partial charge in [0.1, 0.15) is 0 Å². The van der Waals surface area contributed by atoms with Gasteiger partial charge in [0.15, 0.2) is 0 Å². The summed E-state index contributed by atoms with van der Waals surface area (Å²) in [5.41, 5.74) is 5.29. The van der Waals surface area contributed by atoms with Crippen LogP contribution >= 0.6 is 0 Å². The van der Waals surface area contributed by atoms with Crippen LogP contribution in [-0.2, 0) is 0 Å². The summed E-state index contributed by atoms with van der Waals surface area (Å²) in [4.78, 5) is 2.43. The Bertz CT molecular complexity index is 616. The zero-order valence-corrected chi connectivity index (χ0v) is 12.5. The summed E-state index contributed by atoms with van der Waals surface area (Å²) < 4.78 is 0. The van der Waals surface area contributed by atoms with E-state index in [0.29, 0.717) is 0 Å².